The minimum atomic E-state index is 0. The molecule has 1 N–H and O–H groups in total. The maximum absolute atomic E-state index is 5.37. The fourth-order valence-electron chi connectivity index (χ4n) is 2.50. The molecule has 0 radical (unpaired) electrons. The Morgan fingerprint density at radius 2 is 2.00 bits per heavy atom. The van der Waals surface area contributed by atoms with Crippen LogP contribution in [-0.4, -0.2) is 60.0 Å². The molecular weight excluding hydrogens is 459 g/mol. The van der Waals surface area contributed by atoms with E-state index in [1.165, 1.54) is 5.56 Å². The highest BCUT2D eigenvalue weighted by Gasteiger charge is 2.09. The summed E-state index contributed by atoms with van der Waals surface area (Å²) in [7, 11) is 7.23. The van der Waals surface area contributed by atoms with Crippen molar-refractivity contribution in [2.24, 2.45) is 12.0 Å². The first-order chi connectivity index (χ1) is 12.6. The number of halogens is 1. The molecule has 0 saturated carbocycles. The van der Waals surface area contributed by atoms with E-state index in [2.05, 4.69) is 38.4 Å². The van der Waals surface area contributed by atoms with E-state index in [4.69, 9.17) is 9.47 Å². The van der Waals surface area contributed by atoms with Crippen LogP contribution < -0.4 is 14.8 Å². The summed E-state index contributed by atoms with van der Waals surface area (Å²) in [5.74, 6) is 3.16. The van der Waals surface area contributed by atoms with Crippen molar-refractivity contribution in [1.29, 1.82) is 0 Å². The summed E-state index contributed by atoms with van der Waals surface area (Å²) >= 11 is 0. The van der Waals surface area contributed by atoms with E-state index in [1.54, 1.807) is 20.5 Å². The summed E-state index contributed by atoms with van der Waals surface area (Å²) in [4.78, 5) is 6.76. The van der Waals surface area contributed by atoms with E-state index < -0.39 is 0 Å². The molecule has 1 heterocycles. The molecule has 0 amide bonds. The monoisotopic (exact) mass is 488 g/mol. The lowest BCUT2D eigenvalue weighted by Gasteiger charge is -2.22. The van der Waals surface area contributed by atoms with Gasteiger partial charge in [-0.3, -0.25) is 0 Å². The number of hydrogen-bond acceptors (Lipinski definition) is 5. The second-order valence-corrected chi connectivity index (χ2v) is 5.89. The number of aromatic nitrogens is 3. The van der Waals surface area contributed by atoms with Crippen molar-refractivity contribution in [2.45, 2.75) is 19.9 Å². The van der Waals surface area contributed by atoms with Gasteiger partial charge >= 0.3 is 0 Å². The summed E-state index contributed by atoms with van der Waals surface area (Å²) < 4.78 is 12.5. The first-order valence-electron chi connectivity index (χ1n) is 8.62. The molecule has 2 rings (SSSR count). The highest BCUT2D eigenvalue weighted by Crippen LogP contribution is 2.27. The van der Waals surface area contributed by atoms with Gasteiger partial charge in [-0.25, -0.2) is 4.99 Å². The molecule has 9 heteroatoms. The molecule has 1 aromatic carbocycles. The molecule has 0 fully saturated rings. The van der Waals surface area contributed by atoms with E-state index in [9.17, 15) is 0 Å². The Morgan fingerprint density at radius 1 is 1.26 bits per heavy atom. The number of guanidine groups is 1. The molecular formula is C18H29IN6O2. The molecule has 0 aliphatic rings. The van der Waals surface area contributed by atoms with Gasteiger partial charge in [0.25, 0.3) is 0 Å². The summed E-state index contributed by atoms with van der Waals surface area (Å²) in [5, 5.41) is 11.3. The van der Waals surface area contributed by atoms with Gasteiger partial charge < -0.3 is 24.3 Å². The number of ether oxygens (including phenoxy) is 2. The molecule has 2 aromatic rings. The van der Waals surface area contributed by atoms with Gasteiger partial charge in [0.2, 0.25) is 0 Å². The SMILES string of the molecule is CCNC(=NCc1nncn1C)N(C)CCc1ccc(OC)c(OC)c1.I. The minimum Gasteiger partial charge on any atom is -0.493 e. The maximum Gasteiger partial charge on any atom is 0.194 e. The van der Waals surface area contributed by atoms with Crippen LogP contribution in [-0.2, 0) is 20.0 Å². The van der Waals surface area contributed by atoms with Crippen LogP contribution in [0.4, 0.5) is 0 Å². The third kappa shape index (κ3) is 6.56. The highest BCUT2D eigenvalue weighted by molar-refractivity contribution is 14.0. The van der Waals surface area contributed by atoms with Gasteiger partial charge in [-0.2, -0.15) is 0 Å². The summed E-state index contributed by atoms with van der Waals surface area (Å²) in [5.41, 5.74) is 1.18. The normalized spacial score (nSPS) is 10.9. The quantitative estimate of drug-likeness (QED) is 0.349. The molecule has 0 aliphatic carbocycles. The van der Waals surface area contributed by atoms with Crippen LogP contribution in [0.25, 0.3) is 0 Å². The van der Waals surface area contributed by atoms with Gasteiger partial charge in [0.05, 0.1) is 14.2 Å². The molecule has 0 aliphatic heterocycles. The van der Waals surface area contributed by atoms with Gasteiger partial charge in [0.15, 0.2) is 23.3 Å². The van der Waals surface area contributed by atoms with Gasteiger partial charge in [-0.15, -0.1) is 34.2 Å². The van der Waals surface area contributed by atoms with Gasteiger partial charge in [-0.1, -0.05) is 6.07 Å². The van der Waals surface area contributed by atoms with Crippen molar-refractivity contribution in [2.75, 3.05) is 34.4 Å². The molecule has 0 bridgehead atoms. The summed E-state index contributed by atoms with van der Waals surface area (Å²) in [6.07, 6.45) is 2.55. The average molecular weight is 488 g/mol. The van der Waals surface area contributed by atoms with Gasteiger partial charge in [0, 0.05) is 27.2 Å². The zero-order valence-corrected chi connectivity index (χ0v) is 18.9. The molecule has 0 saturated heterocycles. The number of aliphatic imine (C=N–C) groups is 1. The van der Waals surface area contributed by atoms with Crippen molar-refractivity contribution in [3.05, 3.63) is 35.9 Å². The zero-order chi connectivity index (χ0) is 18.9. The van der Waals surface area contributed by atoms with Crippen LogP contribution in [0.2, 0.25) is 0 Å². The molecule has 150 valence electrons. The van der Waals surface area contributed by atoms with E-state index in [-0.39, 0.29) is 24.0 Å². The standard InChI is InChI=1S/C18H28N6O2.HI/c1-6-19-18(20-12-17-22-21-13-24(17)3)23(2)10-9-14-7-8-15(25-4)16(11-14)26-5;/h7-8,11,13H,6,9-10,12H2,1-5H3,(H,19,20);1H. The van der Waals surface area contributed by atoms with Crippen LogP contribution in [0.1, 0.15) is 18.3 Å². The van der Waals surface area contributed by atoms with Crippen molar-refractivity contribution in [1.82, 2.24) is 25.0 Å². The number of benzene rings is 1. The minimum absolute atomic E-state index is 0. The molecule has 0 spiro atoms. The number of likely N-dealkylation sites (N-methyl/N-ethyl adjacent to an activating group) is 1. The molecule has 0 unspecified atom stereocenters. The van der Waals surface area contributed by atoms with Gasteiger partial charge in [-0.05, 0) is 31.0 Å². The van der Waals surface area contributed by atoms with E-state index in [1.807, 2.05) is 30.8 Å². The van der Waals surface area contributed by atoms with Gasteiger partial charge in [0.1, 0.15) is 12.9 Å². The number of aryl methyl sites for hydroxylation is 1. The summed E-state index contributed by atoms with van der Waals surface area (Å²) in [6.45, 7) is 4.16. The Morgan fingerprint density at radius 3 is 2.59 bits per heavy atom. The Hall–Kier alpha value is -2.04. The topological polar surface area (TPSA) is 76.8 Å². The van der Waals surface area contributed by atoms with E-state index in [0.29, 0.717) is 6.54 Å². The number of methoxy groups -OCH3 is 2. The zero-order valence-electron chi connectivity index (χ0n) is 16.6. The molecule has 27 heavy (non-hydrogen) atoms. The van der Waals surface area contributed by atoms with Crippen LogP contribution >= 0.6 is 24.0 Å². The summed E-state index contributed by atoms with van der Waals surface area (Å²) in [6, 6.07) is 6.00. The van der Waals surface area contributed by atoms with Crippen LogP contribution in [0.3, 0.4) is 0 Å². The lowest BCUT2D eigenvalue weighted by atomic mass is 10.1. The number of nitrogens with one attached hydrogen (secondary N) is 1. The third-order valence-electron chi connectivity index (χ3n) is 4.06. The number of rotatable bonds is 8. The lowest BCUT2D eigenvalue weighted by Crippen LogP contribution is -2.40. The van der Waals surface area contributed by atoms with Crippen LogP contribution in [0, 0.1) is 0 Å². The second kappa shape index (κ2) is 11.6. The van der Waals surface area contributed by atoms with E-state index in [0.717, 1.165) is 42.8 Å². The average Bonchev–Trinajstić information content (AvgIpc) is 3.07. The van der Waals surface area contributed by atoms with Crippen LogP contribution in [0.5, 0.6) is 11.5 Å². The van der Waals surface area contributed by atoms with Crippen molar-refractivity contribution < 1.29 is 9.47 Å². The van der Waals surface area contributed by atoms with Crippen molar-refractivity contribution >= 4 is 29.9 Å². The highest BCUT2D eigenvalue weighted by atomic mass is 127. The third-order valence-corrected chi connectivity index (χ3v) is 4.06. The second-order valence-electron chi connectivity index (χ2n) is 5.89. The first-order valence-corrected chi connectivity index (χ1v) is 8.62. The maximum atomic E-state index is 5.37. The Kier molecular flexibility index (Phi) is 9.90. The van der Waals surface area contributed by atoms with Crippen LogP contribution in [0.15, 0.2) is 29.5 Å². The molecule has 1 aromatic heterocycles. The Labute approximate surface area is 178 Å². The predicted octanol–water partition coefficient (Wildman–Crippen LogP) is 2.09. The molecule has 8 nitrogen and oxygen atoms in total. The van der Waals surface area contributed by atoms with E-state index >= 15 is 0 Å². The smallest absolute Gasteiger partial charge is 0.194 e. The fourth-order valence-corrected chi connectivity index (χ4v) is 2.50. The number of nitrogens with zero attached hydrogens (tertiary/aromatic N) is 5. The number of hydrogen-bond donors (Lipinski definition) is 1. The first kappa shape index (κ1) is 23.0. The Balaban J connectivity index is 0.00000364. The van der Waals surface area contributed by atoms with Crippen molar-refractivity contribution in [3.8, 4) is 11.5 Å². The predicted molar refractivity (Wildman–Crippen MR) is 117 cm³/mol. The largest absolute Gasteiger partial charge is 0.493 e. The Bertz CT molecular complexity index is 734. The lowest BCUT2D eigenvalue weighted by molar-refractivity contribution is 0.354. The molecule has 0 atom stereocenters. The fraction of sp³-hybridized carbons (Fsp3) is 0.500. The van der Waals surface area contributed by atoms with Crippen molar-refractivity contribution in [3.63, 3.8) is 0 Å².